The number of guanidine groups is 1. The zero-order chi connectivity index (χ0) is 17.6. The Morgan fingerprint density at radius 1 is 1.16 bits per heavy atom. The van der Waals surface area contributed by atoms with Crippen LogP contribution >= 0.6 is 11.6 Å². The SMILES string of the molecule is CN=C(NCC(=O)N1CCc2ccccc21)NCc1ccccc1Cl. The molecule has 1 amide bonds. The van der Waals surface area contributed by atoms with Crippen LogP contribution in [0.5, 0.6) is 0 Å². The second-order valence-corrected chi connectivity index (χ2v) is 6.20. The minimum atomic E-state index is 0.0330. The molecule has 1 heterocycles. The van der Waals surface area contributed by atoms with Crippen molar-refractivity contribution in [2.24, 2.45) is 4.99 Å². The van der Waals surface area contributed by atoms with E-state index in [4.69, 9.17) is 11.6 Å². The van der Waals surface area contributed by atoms with E-state index < -0.39 is 0 Å². The van der Waals surface area contributed by atoms with Gasteiger partial charge < -0.3 is 15.5 Å². The molecule has 0 radical (unpaired) electrons. The highest BCUT2D eigenvalue weighted by Gasteiger charge is 2.23. The van der Waals surface area contributed by atoms with Gasteiger partial charge in [0.2, 0.25) is 5.91 Å². The standard InChI is InChI=1S/C19H21ClN4O/c1-21-19(22-12-15-7-2-4-8-16(15)20)23-13-18(25)24-11-10-14-6-3-5-9-17(14)24/h2-9H,10-13H2,1H3,(H2,21,22,23). The Morgan fingerprint density at radius 3 is 2.72 bits per heavy atom. The van der Waals surface area contributed by atoms with Crippen LogP contribution in [0.1, 0.15) is 11.1 Å². The largest absolute Gasteiger partial charge is 0.352 e. The van der Waals surface area contributed by atoms with Crippen molar-refractivity contribution in [1.29, 1.82) is 0 Å². The summed E-state index contributed by atoms with van der Waals surface area (Å²) in [5.74, 6) is 0.603. The lowest BCUT2D eigenvalue weighted by atomic mass is 10.2. The number of anilines is 1. The normalized spacial score (nSPS) is 13.5. The Morgan fingerprint density at radius 2 is 1.92 bits per heavy atom. The summed E-state index contributed by atoms with van der Waals surface area (Å²) in [6.07, 6.45) is 0.904. The molecule has 0 aliphatic carbocycles. The first-order valence-corrected chi connectivity index (χ1v) is 8.63. The summed E-state index contributed by atoms with van der Waals surface area (Å²) < 4.78 is 0. The van der Waals surface area contributed by atoms with Crippen LogP contribution in [0.4, 0.5) is 5.69 Å². The quantitative estimate of drug-likeness (QED) is 0.654. The highest BCUT2D eigenvalue weighted by Crippen LogP contribution is 2.27. The van der Waals surface area contributed by atoms with E-state index in [-0.39, 0.29) is 12.5 Å². The summed E-state index contributed by atoms with van der Waals surface area (Å²) in [5, 5.41) is 6.95. The van der Waals surface area contributed by atoms with Crippen molar-refractivity contribution in [3.63, 3.8) is 0 Å². The van der Waals surface area contributed by atoms with Gasteiger partial charge in [-0.25, -0.2) is 0 Å². The Kier molecular flexibility index (Phi) is 5.56. The molecule has 1 aliphatic heterocycles. The molecule has 0 saturated carbocycles. The molecular weight excluding hydrogens is 336 g/mol. The van der Waals surface area contributed by atoms with Gasteiger partial charge in [0, 0.05) is 30.8 Å². The molecular formula is C19H21ClN4O. The summed E-state index contributed by atoms with van der Waals surface area (Å²) in [7, 11) is 1.68. The fraction of sp³-hybridized carbons (Fsp3) is 0.263. The Bertz CT molecular complexity index is 790. The summed E-state index contributed by atoms with van der Waals surface area (Å²) in [6.45, 7) is 1.46. The highest BCUT2D eigenvalue weighted by molar-refractivity contribution is 6.31. The van der Waals surface area contributed by atoms with Gasteiger partial charge in [-0.05, 0) is 29.7 Å². The number of nitrogens with zero attached hydrogens (tertiary/aromatic N) is 2. The molecule has 2 aromatic carbocycles. The summed E-state index contributed by atoms with van der Waals surface area (Å²) in [5.41, 5.74) is 3.21. The number of carbonyl (C=O) groups excluding carboxylic acids is 1. The summed E-state index contributed by atoms with van der Waals surface area (Å²) in [4.78, 5) is 18.5. The number of hydrogen-bond acceptors (Lipinski definition) is 2. The van der Waals surface area contributed by atoms with E-state index in [1.54, 1.807) is 7.05 Å². The lowest BCUT2D eigenvalue weighted by molar-refractivity contribution is -0.117. The number of para-hydroxylation sites is 1. The third-order valence-electron chi connectivity index (χ3n) is 4.22. The average molecular weight is 357 g/mol. The monoisotopic (exact) mass is 356 g/mol. The molecule has 2 aromatic rings. The minimum Gasteiger partial charge on any atom is -0.352 e. The van der Waals surface area contributed by atoms with Crippen LogP contribution in [0.2, 0.25) is 5.02 Å². The summed E-state index contributed by atoms with van der Waals surface area (Å²) in [6, 6.07) is 15.7. The fourth-order valence-corrected chi connectivity index (χ4v) is 3.10. The van der Waals surface area contributed by atoms with Crippen LogP contribution in [-0.2, 0) is 17.8 Å². The van der Waals surface area contributed by atoms with Crippen LogP contribution in [-0.4, -0.2) is 32.0 Å². The smallest absolute Gasteiger partial charge is 0.246 e. The lowest BCUT2D eigenvalue weighted by Gasteiger charge is -2.19. The van der Waals surface area contributed by atoms with Crippen LogP contribution in [0, 0.1) is 0 Å². The maximum Gasteiger partial charge on any atom is 0.246 e. The average Bonchev–Trinajstić information content (AvgIpc) is 3.07. The lowest BCUT2D eigenvalue weighted by Crippen LogP contribution is -2.44. The number of amides is 1. The zero-order valence-electron chi connectivity index (χ0n) is 14.1. The third-order valence-corrected chi connectivity index (χ3v) is 4.59. The molecule has 0 fully saturated rings. The van der Waals surface area contributed by atoms with Crippen LogP contribution in [0.25, 0.3) is 0 Å². The number of rotatable bonds is 4. The number of fused-ring (bicyclic) bond motifs is 1. The Balaban J connectivity index is 1.53. The maximum absolute atomic E-state index is 12.5. The van der Waals surface area contributed by atoms with Crippen molar-refractivity contribution in [1.82, 2.24) is 10.6 Å². The van der Waals surface area contributed by atoms with Crippen molar-refractivity contribution in [2.45, 2.75) is 13.0 Å². The first-order valence-electron chi connectivity index (χ1n) is 8.25. The molecule has 130 valence electrons. The fourth-order valence-electron chi connectivity index (χ4n) is 2.89. The number of carbonyl (C=O) groups is 1. The van der Waals surface area contributed by atoms with Crippen LogP contribution in [0.3, 0.4) is 0 Å². The predicted molar refractivity (Wildman–Crippen MR) is 102 cm³/mol. The van der Waals surface area contributed by atoms with E-state index in [9.17, 15) is 4.79 Å². The van der Waals surface area contributed by atoms with Crippen molar-refractivity contribution < 1.29 is 4.79 Å². The molecule has 0 atom stereocenters. The molecule has 3 rings (SSSR count). The Labute approximate surface area is 152 Å². The maximum atomic E-state index is 12.5. The zero-order valence-corrected chi connectivity index (χ0v) is 14.9. The van der Waals surface area contributed by atoms with E-state index in [1.807, 2.05) is 47.4 Å². The van der Waals surface area contributed by atoms with Gasteiger partial charge in [-0.2, -0.15) is 0 Å². The first-order chi connectivity index (χ1) is 12.2. The van der Waals surface area contributed by atoms with Crippen LogP contribution in [0.15, 0.2) is 53.5 Å². The van der Waals surface area contributed by atoms with Gasteiger partial charge in [-0.3, -0.25) is 9.79 Å². The molecule has 5 nitrogen and oxygen atoms in total. The van der Waals surface area contributed by atoms with Crippen molar-refractivity contribution in [3.8, 4) is 0 Å². The van der Waals surface area contributed by atoms with Crippen molar-refractivity contribution in [2.75, 3.05) is 25.0 Å². The van der Waals surface area contributed by atoms with E-state index >= 15 is 0 Å². The van der Waals surface area contributed by atoms with Crippen molar-refractivity contribution >= 4 is 29.2 Å². The van der Waals surface area contributed by atoms with E-state index in [1.165, 1.54) is 5.56 Å². The molecule has 0 bridgehead atoms. The third kappa shape index (κ3) is 4.12. The van der Waals surface area contributed by atoms with Gasteiger partial charge in [0.05, 0.1) is 6.54 Å². The number of halogens is 1. The second kappa shape index (κ2) is 8.03. The molecule has 2 N–H and O–H groups in total. The second-order valence-electron chi connectivity index (χ2n) is 5.79. The number of hydrogen-bond donors (Lipinski definition) is 2. The molecule has 0 spiro atoms. The molecule has 0 saturated heterocycles. The predicted octanol–water partition coefficient (Wildman–Crippen LogP) is 2.59. The molecule has 0 unspecified atom stereocenters. The molecule has 1 aliphatic rings. The number of nitrogens with one attached hydrogen (secondary N) is 2. The van der Waals surface area contributed by atoms with E-state index in [0.717, 1.165) is 24.2 Å². The first kappa shape index (κ1) is 17.3. The number of benzene rings is 2. The topological polar surface area (TPSA) is 56.7 Å². The van der Waals surface area contributed by atoms with E-state index in [2.05, 4.69) is 21.7 Å². The molecule has 25 heavy (non-hydrogen) atoms. The molecule has 0 aromatic heterocycles. The highest BCUT2D eigenvalue weighted by atomic mass is 35.5. The van der Waals surface area contributed by atoms with Crippen molar-refractivity contribution in [3.05, 3.63) is 64.7 Å². The van der Waals surface area contributed by atoms with Gasteiger partial charge in [0.15, 0.2) is 5.96 Å². The number of aliphatic imine (C=N–C) groups is 1. The van der Waals surface area contributed by atoms with Gasteiger partial charge in [-0.1, -0.05) is 48.0 Å². The van der Waals surface area contributed by atoms with Crippen LogP contribution < -0.4 is 15.5 Å². The summed E-state index contributed by atoms with van der Waals surface area (Å²) >= 11 is 6.15. The van der Waals surface area contributed by atoms with E-state index in [0.29, 0.717) is 17.5 Å². The minimum absolute atomic E-state index is 0.0330. The Hall–Kier alpha value is -2.53. The van der Waals surface area contributed by atoms with Gasteiger partial charge in [-0.15, -0.1) is 0 Å². The molecule has 6 heteroatoms. The van der Waals surface area contributed by atoms with Gasteiger partial charge in [0.1, 0.15) is 0 Å². The van der Waals surface area contributed by atoms with Gasteiger partial charge >= 0.3 is 0 Å². The van der Waals surface area contributed by atoms with Gasteiger partial charge in [0.25, 0.3) is 0 Å².